The van der Waals surface area contributed by atoms with Crippen LogP contribution in [0.4, 0.5) is 0 Å². The lowest BCUT2D eigenvalue weighted by Gasteiger charge is -2.47. The molecule has 2 fully saturated rings. The number of hydrogen-bond donors (Lipinski definition) is 1. The van der Waals surface area contributed by atoms with Crippen LogP contribution < -0.4 is 5.32 Å². The number of nitrogens with zero attached hydrogens (tertiary/aromatic N) is 1. The van der Waals surface area contributed by atoms with Gasteiger partial charge in [-0.2, -0.15) is 0 Å². The average Bonchev–Trinajstić information content (AvgIpc) is 2.97. The third-order valence-electron chi connectivity index (χ3n) is 4.30. The van der Waals surface area contributed by atoms with Gasteiger partial charge in [0.05, 0.1) is 17.7 Å². The number of methoxy groups -OCH3 is 1. The maximum Gasteiger partial charge on any atom is 0.271 e. The summed E-state index contributed by atoms with van der Waals surface area (Å²) >= 11 is 1.56. The summed E-state index contributed by atoms with van der Waals surface area (Å²) < 4.78 is 11.0. The predicted molar refractivity (Wildman–Crippen MR) is 76.1 cm³/mol. The van der Waals surface area contributed by atoms with Crippen molar-refractivity contribution in [2.45, 2.75) is 32.4 Å². The summed E-state index contributed by atoms with van der Waals surface area (Å²) in [7, 11) is 1.69. The minimum Gasteiger partial charge on any atom is -0.384 e. The SMILES string of the molecule is COC[C@@H]1[C@H](NC(=O)c2nc(C)sc2C)[C@@H]2CCO[C@H]12. The van der Waals surface area contributed by atoms with Crippen LogP contribution in [0.15, 0.2) is 0 Å². The second-order valence-corrected chi connectivity index (χ2v) is 6.95. The lowest BCUT2D eigenvalue weighted by Crippen LogP contribution is -2.62. The Balaban J connectivity index is 1.70. The zero-order valence-electron chi connectivity index (χ0n) is 12.0. The zero-order chi connectivity index (χ0) is 14.3. The fourth-order valence-electron chi connectivity index (χ4n) is 3.39. The second kappa shape index (κ2) is 5.42. The van der Waals surface area contributed by atoms with Gasteiger partial charge in [-0.25, -0.2) is 4.98 Å². The molecule has 6 heteroatoms. The number of aromatic nitrogens is 1. The van der Waals surface area contributed by atoms with Gasteiger partial charge < -0.3 is 14.8 Å². The Bertz CT molecular complexity index is 517. The van der Waals surface area contributed by atoms with E-state index in [-0.39, 0.29) is 24.0 Å². The fraction of sp³-hybridized carbons (Fsp3) is 0.714. The van der Waals surface area contributed by atoms with E-state index in [1.54, 1.807) is 18.4 Å². The molecule has 5 nitrogen and oxygen atoms in total. The van der Waals surface area contributed by atoms with Gasteiger partial charge in [0.1, 0.15) is 5.69 Å². The molecule has 1 N–H and O–H groups in total. The van der Waals surface area contributed by atoms with Crippen molar-refractivity contribution in [3.05, 3.63) is 15.6 Å². The number of carbonyl (C=O) groups is 1. The summed E-state index contributed by atoms with van der Waals surface area (Å²) in [6, 6.07) is 0.149. The van der Waals surface area contributed by atoms with E-state index in [0.29, 0.717) is 18.2 Å². The molecular formula is C14H20N2O3S. The Labute approximate surface area is 122 Å². The van der Waals surface area contributed by atoms with Gasteiger partial charge in [0.2, 0.25) is 0 Å². The topological polar surface area (TPSA) is 60.5 Å². The molecule has 1 amide bonds. The Morgan fingerprint density at radius 3 is 3.00 bits per heavy atom. The number of fused-ring (bicyclic) bond motifs is 1. The minimum absolute atomic E-state index is 0.0664. The molecular weight excluding hydrogens is 276 g/mol. The van der Waals surface area contributed by atoms with E-state index in [0.717, 1.165) is 22.9 Å². The molecule has 2 aliphatic rings. The fourth-order valence-corrected chi connectivity index (χ4v) is 4.21. The van der Waals surface area contributed by atoms with E-state index in [1.807, 2.05) is 13.8 Å². The summed E-state index contributed by atoms with van der Waals surface area (Å²) in [6.45, 7) is 5.28. The molecule has 20 heavy (non-hydrogen) atoms. The normalized spacial score (nSPS) is 31.8. The van der Waals surface area contributed by atoms with Crippen molar-refractivity contribution < 1.29 is 14.3 Å². The third-order valence-corrected chi connectivity index (χ3v) is 5.19. The van der Waals surface area contributed by atoms with E-state index >= 15 is 0 Å². The highest BCUT2D eigenvalue weighted by Gasteiger charge is 2.54. The van der Waals surface area contributed by atoms with Crippen LogP contribution in [0.1, 0.15) is 26.8 Å². The first-order chi connectivity index (χ1) is 9.61. The highest BCUT2D eigenvalue weighted by molar-refractivity contribution is 7.11. The molecule has 0 radical (unpaired) electrons. The van der Waals surface area contributed by atoms with Gasteiger partial charge in [0.15, 0.2) is 0 Å². The van der Waals surface area contributed by atoms with Crippen molar-refractivity contribution in [2.24, 2.45) is 11.8 Å². The first kappa shape index (κ1) is 14.0. The largest absolute Gasteiger partial charge is 0.384 e. The maximum absolute atomic E-state index is 12.4. The van der Waals surface area contributed by atoms with Crippen molar-refractivity contribution in [3.8, 4) is 0 Å². The van der Waals surface area contributed by atoms with E-state index in [4.69, 9.17) is 9.47 Å². The Morgan fingerprint density at radius 1 is 1.55 bits per heavy atom. The van der Waals surface area contributed by atoms with E-state index in [9.17, 15) is 4.79 Å². The van der Waals surface area contributed by atoms with Crippen LogP contribution in [0.2, 0.25) is 0 Å². The molecule has 1 saturated heterocycles. The van der Waals surface area contributed by atoms with Crippen molar-refractivity contribution in [1.82, 2.24) is 10.3 Å². The summed E-state index contributed by atoms with van der Waals surface area (Å²) in [5, 5.41) is 4.07. The summed E-state index contributed by atoms with van der Waals surface area (Å²) in [6.07, 6.45) is 1.27. The molecule has 110 valence electrons. The van der Waals surface area contributed by atoms with Crippen LogP contribution in [0.5, 0.6) is 0 Å². The molecule has 3 rings (SSSR count). The maximum atomic E-state index is 12.4. The van der Waals surface area contributed by atoms with Crippen LogP contribution in [0.25, 0.3) is 0 Å². The van der Waals surface area contributed by atoms with E-state index in [1.165, 1.54) is 0 Å². The lowest BCUT2D eigenvalue weighted by atomic mass is 9.67. The summed E-state index contributed by atoms with van der Waals surface area (Å²) in [4.78, 5) is 17.7. The van der Waals surface area contributed by atoms with Gasteiger partial charge in [-0.1, -0.05) is 0 Å². The second-order valence-electron chi connectivity index (χ2n) is 5.54. The van der Waals surface area contributed by atoms with Crippen LogP contribution >= 0.6 is 11.3 Å². The number of nitrogens with one attached hydrogen (secondary N) is 1. The number of rotatable bonds is 4. The Morgan fingerprint density at radius 2 is 2.35 bits per heavy atom. The molecule has 0 spiro atoms. The van der Waals surface area contributed by atoms with Crippen molar-refractivity contribution in [3.63, 3.8) is 0 Å². The molecule has 1 aliphatic carbocycles. The van der Waals surface area contributed by atoms with Crippen LogP contribution in [0, 0.1) is 25.7 Å². The average molecular weight is 296 g/mol. The number of carbonyl (C=O) groups excluding carboxylic acids is 1. The molecule has 2 heterocycles. The Hall–Kier alpha value is -0.980. The van der Waals surface area contributed by atoms with Gasteiger partial charge in [-0.05, 0) is 20.3 Å². The molecule has 1 aromatic heterocycles. The molecule has 1 aromatic rings. The zero-order valence-corrected chi connectivity index (χ0v) is 12.8. The summed E-state index contributed by atoms with van der Waals surface area (Å²) in [5.41, 5.74) is 0.561. The van der Waals surface area contributed by atoms with Crippen LogP contribution in [-0.2, 0) is 9.47 Å². The summed E-state index contributed by atoms with van der Waals surface area (Å²) in [5.74, 6) is 0.624. The number of ether oxygens (including phenoxy) is 2. The molecule has 0 aromatic carbocycles. The number of hydrogen-bond acceptors (Lipinski definition) is 5. The number of aryl methyl sites for hydroxylation is 2. The predicted octanol–water partition coefficient (Wildman–Crippen LogP) is 1.54. The third kappa shape index (κ3) is 2.25. The molecule has 1 saturated carbocycles. The van der Waals surface area contributed by atoms with Gasteiger partial charge >= 0.3 is 0 Å². The van der Waals surface area contributed by atoms with Crippen molar-refractivity contribution in [2.75, 3.05) is 20.3 Å². The smallest absolute Gasteiger partial charge is 0.271 e. The highest BCUT2D eigenvalue weighted by atomic mass is 32.1. The van der Waals surface area contributed by atoms with Gasteiger partial charge in [0, 0.05) is 36.5 Å². The first-order valence-corrected chi connectivity index (χ1v) is 7.79. The minimum atomic E-state index is -0.0664. The van der Waals surface area contributed by atoms with Crippen molar-refractivity contribution in [1.29, 1.82) is 0 Å². The highest BCUT2D eigenvalue weighted by Crippen LogP contribution is 2.43. The van der Waals surface area contributed by atoms with Crippen LogP contribution in [0.3, 0.4) is 0 Å². The Kier molecular flexibility index (Phi) is 3.79. The van der Waals surface area contributed by atoms with Gasteiger partial charge in [-0.3, -0.25) is 4.79 Å². The van der Waals surface area contributed by atoms with E-state index < -0.39 is 0 Å². The molecule has 0 unspecified atom stereocenters. The molecule has 4 atom stereocenters. The quantitative estimate of drug-likeness (QED) is 0.915. The van der Waals surface area contributed by atoms with E-state index in [2.05, 4.69) is 10.3 Å². The number of amides is 1. The standard InChI is InChI=1S/C14H20N2O3S/c1-7-11(15-8(2)20-7)14(17)16-12-9-4-5-19-13(9)10(12)6-18-3/h9-10,12-13H,4-6H2,1-3H3,(H,16,17)/t9-,10+,12+,13-/m0/s1. The first-order valence-electron chi connectivity index (χ1n) is 6.97. The monoisotopic (exact) mass is 296 g/mol. The number of thiazole rings is 1. The lowest BCUT2D eigenvalue weighted by molar-refractivity contribution is -0.0810. The van der Waals surface area contributed by atoms with Gasteiger partial charge in [-0.15, -0.1) is 11.3 Å². The van der Waals surface area contributed by atoms with Gasteiger partial charge in [0.25, 0.3) is 5.91 Å². The molecule has 1 aliphatic heterocycles. The van der Waals surface area contributed by atoms with Crippen LogP contribution in [-0.4, -0.2) is 43.4 Å². The molecule has 0 bridgehead atoms. The van der Waals surface area contributed by atoms with Crippen molar-refractivity contribution >= 4 is 17.2 Å².